The number of nitrogens with one attached hydrogen (secondary N) is 2. The van der Waals surface area contributed by atoms with Crippen LogP contribution in [0.1, 0.15) is 27.2 Å². The average Bonchev–Trinajstić information content (AvgIpc) is 2.95. The lowest BCUT2D eigenvalue weighted by Gasteiger charge is -2.39. The van der Waals surface area contributed by atoms with E-state index in [2.05, 4.69) is 39.2 Å². The van der Waals surface area contributed by atoms with Crippen molar-refractivity contribution < 1.29 is 4.74 Å². The molecule has 2 aromatic rings. The normalized spacial score (nSPS) is 22.7. The third kappa shape index (κ3) is 2.65. The maximum atomic E-state index is 5.78. The minimum Gasteiger partial charge on any atom is -0.375 e. The summed E-state index contributed by atoms with van der Waals surface area (Å²) in [6.07, 6.45) is 3.02. The molecule has 2 N–H and O–H groups in total. The Kier molecular flexibility index (Phi) is 3.92. The quantitative estimate of drug-likeness (QED) is 0.893. The van der Waals surface area contributed by atoms with Crippen LogP contribution in [0.15, 0.2) is 6.20 Å². The summed E-state index contributed by atoms with van der Waals surface area (Å²) < 4.78 is 5.78. The number of aromatic nitrogens is 4. The van der Waals surface area contributed by atoms with E-state index in [1.165, 1.54) is 0 Å². The molecule has 7 nitrogen and oxygen atoms in total. The Hall–Kier alpha value is -1.89. The number of morpholine rings is 1. The van der Waals surface area contributed by atoms with E-state index in [9.17, 15) is 0 Å². The molecule has 3 heterocycles. The summed E-state index contributed by atoms with van der Waals surface area (Å²) in [7, 11) is 0. The lowest BCUT2D eigenvalue weighted by atomic mass is 10.1. The number of hydrogen-bond acceptors (Lipinski definition) is 6. The fraction of sp³-hybridized carbons (Fsp3) is 0.643. The van der Waals surface area contributed by atoms with Gasteiger partial charge < -0.3 is 15.0 Å². The number of ether oxygens (including phenoxy) is 1. The molecule has 1 aliphatic heterocycles. The van der Waals surface area contributed by atoms with Crippen molar-refractivity contribution >= 4 is 22.8 Å². The van der Waals surface area contributed by atoms with Crippen molar-refractivity contribution in [3.8, 4) is 0 Å². The standard InChI is InChI=1S/C14H22N6O/c1-4-10-8-21-9(3)7-20(10)13-11-6-16-19-12(11)17-14(18-13)15-5-2/h6,9-10H,4-5,7-8H2,1-3H3,(H2,15,16,17,18,19). The molecule has 0 amide bonds. The highest BCUT2D eigenvalue weighted by molar-refractivity contribution is 5.87. The molecule has 0 radical (unpaired) electrons. The van der Waals surface area contributed by atoms with Crippen LogP contribution >= 0.6 is 0 Å². The van der Waals surface area contributed by atoms with E-state index >= 15 is 0 Å². The molecule has 114 valence electrons. The number of aromatic amines is 1. The average molecular weight is 290 g/mol. The Balaban J connectivity index is 2.05. The summed E-state index contributed by atoms with van der Waals surface area (Å²) in [4.78, 5) is 11.5. The number of nitrogens with zero attached hydrogens (tertiary/aromatic N) is 4. The lowest BCUT2D eigenvalue weighted by molar-refractivity contribution is 0.0297. The van der Waals surface area contributed by atoms with Crippen LogP contribution in [0.4, 0.5) is 11.8 Å². The Labute approximate surface area is 124 Å². The zero-order valence-electron chi connectivity index (χ0n) is 12.8. The number of rotatable bonds is 4. The van der Waals surface area contributed by atoms with Crippen molar-refractivity contribution in [2.24, 2.45) is 0 Å². The number of H-pyrrole nitrogens is 1. The largest absolute Gasteiger partial charge is 0.375 e. The highest BCUT2D eigenvalue weighted by Crippen LogP contribution is 2.28. The van der Waals surface area contributed by atoms with Crippen molar-refractivity contribution in [3.63, 3.8) is 0 Å². The maximum Gasteiger partial charge on any atom is 0.226 e. The van der Waals surface area contributed by atoms with Crippen LogP contribution in [0.25, 0.3) is 11.0 Å². The monoisotopic (exact) mass is 290 g/mol. The van der Waals surface area contributed by atoms with Crippen molar-refractivity contribution in [3.05, 3.63) is 6.20 Å². The molecule has 3 rings (SSSR count). The van der Waals surface area contributed by atoms with E-state index < -0.39 is 0 Å². The van der Waals surface area contributed by atoms with Crippen molar-refractivity contribution in [1.29, 1.82) is 0 Å². The molecular formula is C14H22N6O. The lowest BCUT2D eigenvalue weighted by Crippen LogP contribution is -2.49. The van der Waals surface area contributed by atoms with E-state index in [4.69, 9.17) is 9.72 Å². The molecule has 0 bridgehead atoms. The van der Waals surface area contributed by atoms with E-state index in [1.807, 2.05) is 6.92 Å². The van der Waals surface area contributed by atoms with Gasteiger partial charge in [-0.3, -0.25) is 5.10 Å². The summed E-state index contributed by atoms with van der Waals surface area (Å²) >= 11 is 0. The van der Waals surface area contributed by atoms with Gasteiger partial charge in [-0.2, -0.15) is 15.1 Å². The first-order valence-electron chi connectivity index (χ1n) is 7.56. The summed E-state index contributed by atoms with van der Waals surface area (Å²) in [5.74, 6) is 1.57. The highest BCUT2D eigenvalue weighted by Gasteiger charge is 2.28. The molecule has 1 saturated heterocycles. The molecule has 2 aromatic heterocycles. The second kappa shape index (κ2) is 5.85. The second-order valence-electron chi connectivity index (χ2n) is 5.39. The van der Waals surface area contributed by atoms with E-state index in [0.717, 1.165) is 43.0 Å². The SMILES string of the molecule is CCNc1nc(N2CC(C)OCC2CC)c2cn[nH]c2n1. The Morgan fingerprint density at radius 2 is 2.29 bits per heavy atom. The smallest absolute Gasteiger partial charge is 0.226 e. The van der Waals surface area contributed by atoms with Crippen LogP contribution < -0.4 is 10.2 Å². The van der Waals surface area contributed by atoms with Gasteiger partial charge >= 0.3 is 0 Å². The van der Waals surface area contributed by atoms with Gasteiger partial charge in [0.25, 0.3) is 0 Å². The molecular weight excluding hydrogens is 268 g/mol. The van der Waals surface area contributed by atoms with Gasteiger partial charge in [0, 0.05) is 13.1 Å². The first kappa shape index (κ1) is 14.1. The number of hydrogen-bond donors (Lipinski definition) is 2. The predicted octanol–water partition coefficient (Wildman–Crippen LogP) is 1.79. The van der Waals surface area contributed by atoms with Crippen LogP contribution in [-0.2, 0) is 4.74 Å². The van der Waals surface area contributed by atoms with E-state index in [1.54, 1.807) is 6.20 Å². The zero-order chi connectivity index (χ0) is 14.8. The molecule has 0 aromatic carbocycles. The Morgan fingerprint density at radius 3 is 3.05 bits per heavy atom. The van der Waals surface area contributed by atoms with Gasteiger partial charge in [-0.1, -0.05) is 6.92 Å². The predicted molar refractivity (Wildman–Crippen MR) is 82.7 cm³/mol. The van der Waals surface area contributed by atoms with Crippen LogP contribution in [0.5, 0.6) is 0 Å². The number of fused-ring (bicyclic) bond motifs is 1. The van der Waals surface area contributed by atoms with Gasteiger partial charge in [0.1, 0.15) is 5.82 Å². The summed E-state index contributed by atoms with van der Waals surface area (Å²) in [6.45, 7) is 8.66. The zero-order valence-corrected chi connectivity index (χ0v) is 12.8. The molecule has 0 aliphatic carbocycles. The molecule has 0 spiro atoms. The summed E-state index contributed by atoms with van der Waals surface area (Å²) in [6, 6.07) is 0.337. The van der Waals surface area contributed by atoms with Crippen LogP contribution in [0.2, 0.25) is 0 Å². The van der Waals surface area contributed by atoms with Gasteiger partial charge in [0.15, 0.2) is 5.65 Å². The molecule has 7 heteroatoms. The van der Waals surface area contributed by atoms with Crippen LogP contribution in [0, 0.1) is 0 Å². The van der Waals surface area contributed by atoms with Gasteiger partial charge in [0.05, 0.1) is 30.3 Å². The molecule has 1 aliphatic rings. The second-order valence-corrected chi connectivity index (χ2v) is 5.39. The third-order valence-electron chi connectivity index (χ3n) is 3.84. The van der Waals surface area contributed by atoms with Gasteiger partial charge in [-0.05, 0) is 20.3 Å². The molecule has 0 saturated carbocycles. The first-order chi connectivity index (χ1) is 10.2. The molecule has 1 fully saturated rings. The summed E-state index contributed by atoms with van der Waals surface area (Å²) in [5.41, 5.74) is 0.768. The fourth-order valence-electron chi connectivity index (χ4n) is 2.72. The van der Waals surface area contributed by atoms with Crippen molar-refractivity contribution in [2.45, 2.75) is 39.3 Å². The van der Waals surface area contributed by atoms with E-state index in [0.29, 0.717) is 12.0 Å². The van der Waals surface area contributed by atoms with Crippen molar-refractivity contribution in [1.82, 2.24) is 20.2 Å². The van der Waals surface area contributed by atoms with Crippen molar-refractivity contribution in [2.75, 3.05) is 29.9 Å². The van der Waals surface area contributed by atoms with Gasteiger partial charge in [0.2, 0.25) is 5.95 Å². The topological polar surface area (TPSA) is 79.0 Å². The summed E-state index contributed by atoms with van der Waals surface area (Å²) in [5, 5.41) is 11.2. The molecule has 2 unspecified atom stereocenters. The first-order valence-corrected chi connectivity index (χ1v) is 7.56. The molecule has 21 heavy (non-hydrogen) atoms. The maximum absolute atomic E-state index is 5.78. The highest BCUT2D eigenvalue weighted by atomic mass is 16.5. The minimum absolute atomic E-state index is 0.201. The number of anilines is 2. The Morgan fingerprint density at radius 1 is 1.43 bits per heavy atom. The minimum atomic E-state index is 0.201. The molecule has 2 atom stereocenters. The van der Waals surface area contributed by atoms with Crippen LogP contribution in [0.3, 0.4) is 0 Å². The van der Waals surface area contributed by atoms with Gasteiger partial charge in [-0.25, -0.2) is 0 Å². The van der Waals surface area contributed by atoms with Crippen LogP contribution in [-0.4, -0.2) is 52.0 Å². The fourth-order valence-corrected chi connectivity index (χ4v) is 2.72. The third-order valence-corrected chi connectivity index (χ3v) is 3.84. The van der Waals surface area contributed by atoms with E-state index in [-0.39, 0.29) is 6.10 Å². The van der Waals surface area contributed by atoms with Gasteiger partial charge in [-0.15, -0.1) is 0 Å². The Bertz CT molecular complexity index is 613.